The average Bonchev–Trinajstić information content (AvgIpc) is 2.46. The molecule has 1 amide bonds. The van der Waals surface area contributed by atoms with E-state index in [4.69, 9.17) is 0 Å². The third-order valence-electron chi connectivity index (χ3n) is 3.65. The molecule has 1 unspecified atom stereocenters. The van der Waals surface area contributed by atoms with Crippen LogP contribution in [0.15, 0.2) is 18.3 Å². The van der Waals surface area contributed by atoms with Crippen LogP contribution in [0.4, 0.5) is 5.69 Å². The number of pyridine rings is 1. The highest BCUT2D eigenvalue weighted by atomic mass is 16.2. The molecule has 1 saturated heterocycles. The summed E-state index contributed by atoms with van der Waals surface area (Å²) in [6.45, 7) is 3.94. The van der Waals surface area contributed by atoms with Crippen LogP contribution in [0.5, 0.6) is 0 Å². The van der Waals surface area contributed by atoms with E-state index < -0.39 is 0 Å². The van der Waals surface area contributed by atoms with Crippen molar-refractivity contribution in [2.75, 3.05) is 25.5 Å². The topological polar surface area (TPSA) is 45.2 Å². The van der Waals surface area contributed by atoms with Crippen molar-refractivity contribution in [3.8, 4) is 0 Å². The van der Waals surface area contributed by atoms with E-state index in [1.54, 1.807) is 12.3 Å². The molecule has 1 aliphatic heterocycles. The lowest BCUT2D eigenvalue weighted by molar-refractivity contribution is 0.0665. The molecule has 0 aliphatic carbocycles. The predicted octanol–water partition coefficient (Wildman–Crippen LogP) is 2.39. The quantitative estimate of drug-likeness (QED) is 0.892. The predicted molar refractivity (Wildman–Crippen MR) is 72.7 cm³/mol. The van der Waals surface area contributed by atoms with Gasteiger partial charge in [-0.25, -0.2) is 4.98 Å². The molecule has 0 spiro atoms. The van der Waals surface area contributed by atoms with Crippen LogP contribution >= 0.6 is 0 Å². The van der Waals surface area contributed by atoms with Crippen LogP contribution in [0, 0.1) is 5.92 Å². The number of nitrogens with one attached hydrogen (secondary N) is 1. The van der Waals surface area contributed by atoms with Crippen molar-refractivity contribution in [1.82, 2.24) is 9.88 Å². The van der Waals surface area contributed by atoms with Crippen LogP contribution in [0.3, 0.4) is 0 Å². The molecule has 2 rings (SSSR count). The van der Waals surface area contributed by atoms with Gasteiger partial charge in [-0.05, 0) is 30.9 Å². The summed E-state index contributed by atoms with van der Waals surface area (Å²) in [7, 11) is 1.84. The number of piperidine rings is 1. The van der Waals surface area contributed by atoms with E-state index in [9.17, 15) is 4.79 Å². The fourth-order valence-corrected chi connectivity index (χ4v) is 2.41. The summed E-state index contributed by atoms with van der Waals surface area (Å²) in [4.78, 5) is 18.5. The van der Waals surface area contributed by atoms with Gasteiger partial charge in [0.1, 0.15) is 5.69 Å². The van der Waals surface area contributed by atoms with Gasteiger partial charge in [0.05, 0.1) is 11.9 Å². The molecule has 1 aliphatic rings. The number of anilines is 1. The minimum atomic E-state index is 0.0656. The normalized spacial score (nSPS) is 19.7. The van der Waals surface area contributed by atoms with Crippen LogP contribution < -0.4 is 5.32 Å². The summed E-state index contributed by atoms with van der Waals surface area (Å²) < 4.78 is 0. The number of hydrogen-bond donors (Lipinski definition) is 1. The third-order valence-corrected chi connectivity index (χ3v) is 3.65. The van der Waals surface area contributed by atoms with Gasteiger partial charge in [-0.1, -0.05) is 13.3 Å². The zero-order chi connectivity index (χ0) is 13.0. The van der Waals surface area contributed by atoms with E-state index in [2.05, 4.69) is 17.2 Å². The summed E-state index contributed by atoms with van der Waals surface area (Å²) in [5.41, 5.74) is 1.47. The number of rotatable bonds is 3. The first-order valence-corrected chi connectivity index (χ1v) is 6.67. The van der Waals surface area contributed by atoms with Gasteiger partial charge in [0.15, 0.2) is 0 Å². The molecule has 0 bridgehead atoms. The molecule has 1 fully saturated rings. The first-order valence-electron chi connectivity index (χ1n) is 6.67. The number of carbonyl (C=O) groups is 1. The highest BCUT2D eigenvalue weighted by molar-refractivity contribution is 5.92. The Morgan fingerprint density at radius 3 is 3.00 bits per heavy atom. The molecule has 0 saturated carbocycles. The summed E-state index contributed by atoms with van der Waals surface area (Å²) in [5.74, 6) is 0.718. The van der Waals surface area contributed by atoms with Crippen LogP contribution in [0.25, 0.3) is 0 Å². The largest absolute Gasteiger partial charge is 0.387 e. The monoisotopic (exact) mass is 247 g/mol. The van der Waals surface area contributed by atoms with Crippen molar-refractivity contribution in [2.45, 2.75) is 26.2 Å². The van der Waals surface area contributed by atoms with E-state index in [0.717, 1.165) is 31.6 Å². The highest BCUT2D eigenvalue weighted by Crippen LogP contribution is 2.20. The second-order valence-electron chi connectivity index (χ2n) is 4.85. The maximum absolute atomic E-state index is 12.3. The average molecular weight is 247 g/mol. The lowest BCUT2D eigenvalue weighted by atomic mass is 9.95. The number of hydrogen-bond acceptors (Lipinski definition) is 3. The van der Waals surface area contributed by atoms with E-state index in [0.29, 0.717) is 11.6 Å². The molecule has 1 atom stereocenters. The zero-order valence-electron chi connectivity index (χ0n) is 11.1. The molecule has 1 N–H and O–H groups in total. The Morgan fingerprint density at radius 1 is 1.56 bits per heavy atom. The van der Waals surface area contributed by atoms with Crippen LogP contribution in [-0.2, 0) is 0 Å². The summed E-state index contributed by atoms with van der Waals surface area (Å²) in [6, 6.07) is 3.69. The van der Waals surface area contributed by atoms with Crippen molar-refractivity contribution in [3.05, 3.63) is 24.0 Å². The molecule has 98 valence electrons. The fourth-order valence-electron chi connectivity index (χ4n) is 2.41. The van der Waals surface area contributed by atoms with Crippen molar-refractivity contribution in [2.24, 2.45) is 5.92 Å². The Morgan fingerprint density at radius 2 is 2.39 bits per heavy atom. The second-order valence-corrected chi connectivity index (χ2v) is 4.85. The van der Waals surface area contributed by atoms with Gasteiger partial charge in [-0.15, -0.1) is 0 Å². The SMILES string of the molecule is CCC1CCCN(C(=O)c2ccc(NC)cn2)C1. The minimum Gasteiger partial charge on any atom is -0.387 e. The molecule has 18 heavy (non-hydrogen) atoms. The van der Waals surface area contributed by atoms with E-state index in [1.807, 2.05) is 18.0 Å². The minimum absolute atomic E-state index is 0.0656. The standard InChI is InChI=1S/C14H21N3O/c1-3-11-5-4-8-17(10-11)14(18)13-7-6-12(15-2)9-16-13/h6-7,9,11,15H,3-5,8,10H2,1-2H3. The van der Waals surface area contributed by atoms with Crippen LogP contribution in [0.1, 0.15) is 36.7 Å². The third kappa shape index (κ3) is 2.81. The Labute approximate surface area is 108 Å². The van der Waals surface area contributed by atoms with Gasteiger partial charge >= 0.3 is 0 Å². The van der Waals surface area contributed by atoms with Gasteiger partial charge < -0.3 is 10.2 Å². The smallest absolute Gasteiger partial charge is 0.272 e. The number of nitrogens with zero attached hydrogens (tertiary/aromatic N) is 2. The molecular weight excluding hydrogens is 226 g/mol. The van der Waals surface area contributed by atoms with Gasteiger partial charge in [0, 0.05) is 20.1 Å². The molecule has 1 aromatic rings. The van der Waals surface area contributed by atoms with Crippen molar-refractivity contribution < 1.29 is 4.79 Å². The lowest BCUT2D eigenvalue weighted by Gasteiger charge is -2.32. The van der Waals surface area contributed by atoms with Gasteiger partial charge in [-0.3, -0.25) is 4.79 Å². The molecule has 1 aromatic heterocycles. The Kier molecular flexibility index (Phi) is 4.18. The maximum atomic E-state index is 12.3. The Bertz CT molecular complexity index is 402. The number of amides is 1. The number of aromatic nitrogens is 1. The molecule has 4 heteroatoms. The molecule has 0 radical (unpaired) electrons. The van der Waals surface area contributed by atoms with Gasteiger partial charge in [0.2, 0.25) is 0 Å². The van der Waals surface area contributed by atoms with Crippen molar-refractivity contribution in [3.63, 3.8) is 0 Å². The maximum Gasteiger partial charge on any atom is 0.272 e. The summed E-state index contributed by atoms with van der Waals surface area (Å²) in [6.07, 6.45) is 5.20. The van der Waals surface area contributed by atoms with Gasteiger partial charge in [-0.2, -0.15) is 0 Å². The van der Waals surface area contributed by atoms with E-state index >= 15 is 0 Å². The van der Waals surface area contributed by atoms with Crippen molar-refractivity contribution in [1.29, 1.82) is 0 Å². The summed E-state index contributed by atoms with van der Waals surface area (Å²) >= 11 is 0. The second kappa shape index (κ2) is 5.85. The Balaban J connectivity index is 2.05. The first-order chi connectivity index (χ1) is 8.74. The number of carbonyl (C=O) groups excluding carboxylic acids is 1. The molecular formula is C14H21N3O. The fraction of sp³-hybridized carbons (Fsp3) is 0.571. The van der Waals surface area contributed by atoms with E-state index in [-0.39, 0.29) is 5.91 Å². The zero-order valence-corrected chi connectivity index (χ0v) is 11.1. The lowest BCUT2D eigenvalue weighted by Crippen LogP contribution is -2.40. The van der Waals surface area contributed by atoms with Crippen LogP contribution in [0.2, 0.25) is 0 Å². The van der Waals surface area contributed by atoms with Crippen LogP contribution in [-0.4, -0.2) is 35.9 Å². The Hall–Kier alpha value is -1.58. The van der Waals surface area contributed by atoms with E-state index in [1.165, 1.54) is 6.42 Å². The highest BCUT2D eigenvalue weighted by Gasteiger charge is 2.23. The molecule has 2 heterocycles. The molecule has 0 aromatic carbocycles. The number of likely N-dealkylation sites (tertiary alicyclic amines) is 1. The van der Waals surface area contributed by atoms with Gasteiger partial charge in [0.25, 0.3) is 5.91 Å². The first kappa shape index (κ1) is 12.9. The van der Waals surface area contributed by atoms with Crippen molar-refractivity contribution >= 4 is 11.6 Å². The molecule has 4 nitrogen and oxygen atoms in total. The summed E-state index contributed by atoms with van der Waals surface area (Å²) in [5, 5.41) is 3.00.